The van der Waals surface area contributed by atoms with Crippen molar-refractivity contribution in [2.75, 3.05) is 19.8 Å². The summed E-state index contributed by atoms with van der Waals surface area (Å²) in [5.74, 6) is -1.80. The van der Waals surface area contributed by atoms with Crippen LogP contribution < -0.4 is 15.9 Å². The van der Waals surface area contributed by atoms with Gasteiger partial charge in [-0.1, -0.05) is 128 Å². The van der Waals surface area contributed by atoms with Crippen LogP contribution >= 0.6 is 6.89 Å². The van der Waals surface area contributed by atoms with Gasteiger partial charge in [-0.3, -0.25) is 9.59 Å². The first kappa shape index (κ1) is 38.7. The number of ether oxygens (including phenoxy) is 2. The van der Waals surface area contributed by atoms with Crippen molar-refractivity contribution < 1.29 is 33.1 Å². The fourth-order valence-corrected chi connectivity index (χ4v) is 13.1. The number of hydrogen-bond donors (Lipinski definition) is 0. The number of cyclic esters (lactones) is 1. The Kier molecular flexibility index (Phi) is 11.9. The molecular weight excluding hydrogens is 716 g/mol. The summed E-state index contributed by atoms with van der Waals surface area (Å²) in [5.41, 5.74) is 1.54. The molecule has 9 nitrogen and oxygen atoms in total. The van der Waals surface area contributed by atoms with Crippen LogP contribution in [0.5, 0.6) is 0 Å². The highest BCUT2D eigenvalue weighted by atomic mass is 31.2. The minimum absolute atomic E-state index is 0.0514. The van der Waals surface area contributed by atoms with Gasteiger partial charge in [-0.2, -0.15) is 0 Å². The number of hydrogen-bond acceptors (Lipinski definition) is 7. The maximum absolute atomic E-state index is 14.9. The van der Waals surface area contributed by atoms with E-state index in [-0.39, 0.29) is 36.2 Å². The van der Waals surface area contributed by atoms with E-state index in [9.17, 15) is 19.2 Å². The lowest BCUT2D eigenvalue weighted by Crippen LogP contribution is -2.69. The van der Waals surface area contributed by atoms with E-state index in [2.05, 4.69) is 26.2 Å². The van der Waals surface area contributed by atoms with E-state index in [4.69, 9.17) is 13.9 Å². The molecule has 2 heterocycles. The smallest absolute Gasteiger partial charge is 0.410 e. The van der Waals surface area contributed by atoms with E-state index in [1.165, 1.54) is 6.08 Å². The second-order valence-electron chi connectivity index (χ2n) is 14.5. The molecule has 4 aromatic carbocycles. The minimum atomic E-state index is -3.17. The Morgan fingerprint density at radius 2 is 1.41 bits per heavy atom. The van der Waals surface area contributed by atoms with E-state index in [1.807, 2.05) is 110 Å². The van der Waals surface area contributed by atoms with Gasteiger partial charge in [0, 0.05) is 25.4 Å². The van der Waals surface area contributed by atoms with E-state index in [0.29, 0.717) is 25.3 Å². The summed E-state index contributed by atoms with van der Waals surface area (Å²) in [6.45, 7) is 9.87. The highest BCUT2D eigenvalue weighted by molar-refractivity contribution is 7.96. The molecule has 2 amide bonds. The molecule has 0 saturated carbocycles. The summed E-state index contributed by atoms with van der Waals surface area (Å²) in [6, 6.07) is 35.8. The number of rotatable bonds is 15. The van der Waals surface area contributed by atoms with Crippen LogP contribution in [0.1, 0.15) is 29.3 Å². The molecule has 0 unspecified atom stereocenters. The summed E-state index contributed by atoms with van der Waals surface area (Å²) >= 11 is 0. The van der Waals surface area contributed by atoms with Crippen LogP contribution in [0.4, 0.5) is 4.79 Å². The molecule has 3 atom stereocenters. The second kappa shape index (κ2) is 16.6. The second-order valence-corrected chi connectivity index (χ2v) is 22.3. The number of likely N-dealkylation sites (tertiary alicyclic amines) is 1. The zero-order chi connectivity index (χ0) is 38.5. The predicted molar refractivity (Wildman–Crippen MR) is 216 cm³/mol. The molecule has 2 aliphatic heterocycles. The van der Waals surface area contributed by atoms with Crippen LogP contribution in [0, 0.1) is 5.92 Å². The van der Waals surface area contributed by atoms with Crippen molar-refractivity contribution in [3.63, 3.8) is 0 Å². The van der Waals surface area contributed by atoms with Crippen molar-refractivity contribution in [2.45, 2.75) is 51.7 Å². The van der Waals surface area contributed by atoms with Crippen LogP contribution in [0.3, 0.4) is 0 Å². The number of carbonyl (C=O) groups is 4. The van der Waals surface area contributed by atoms with Gasteiger partial charge in [0.15, 0.2) is 14.1 Å². The van der Waals surface area contributed by atoms with Gasteiger partial charge in [-0.15, -0.1) is 0 Å². The van der Waals surface area contributed by atoms with Gasteiger partial charge in [0.25, 0.3) is 0 Å². The topological polar surface area (TPSA) is 102 Å². The zero-order valence-corrected chi connectivity index (χ0v) is 33.1. The van der Waals surface area contributed by atoms with E-state index in [1.54, 1.807) is 21.9 Å². The SMILES string of the molecule is C=CCOC(=O)C(N1C(=O)[C@H]([C@@H](C)O[Si](C)(C)C)[C@H]1CC(=O)c1ccc(CN2CCOC2=O)cc1)=P(c1ccccc1)(c1ccccc1)c1ccccc1. The molecule has 0 bridgehead atoms. The summed E-state index contributed by atoms with van der Waals surface area (Å²) < 4.78 is 17.5. The molecule has 0 N–H and O–H groups in total. The summed E-state index contributed by atoms with van der Waals surface area (Å²) in [5, 5.41) is 2.58. The number of esters is 1. The van der Waals surface area contributed by atoms with Crippen molar-refractivity contribution in [3.8, 4) is 0 Å². The number of nitrogens with zero attached hydrogens (tertiary/aromatic N) is 2. The van der Waals surface area contributed by atoms with Crippen LogP contribution in [-0.4, -0.2) is 79.2 Å². The van der Waals surface area contributed by atoms with E-state index >= 15 is 0 Å². The van der Waals surface area contributed by atoms with E-state index < -0.39 is 39.2 Å². The molecule has 0 aliphatic carbocycles. The van der Waals surface area contributed by atoms with Crippen LogP contribution in [-0.2, 0) is 30.0 Å². The Balaban J connectivity index is 1.54. The first-order valence-electron chi connectivity index (χ1n) is 18.2. The Bertz CT molecular complexity index is 1950. The van der Waals surface area contributed by atoms with Crippen LogP contribution in [0.15, 0.2) is 128 Å². The molecule has 0 radical (unpaired) electrons. The third kappa shape index (κ3) is 7.92. The average Bonchev–Trinajstić information content (AvgIpc) is 3.57. The maximum atomic E-state index is 14.9. The first-order chi connectivity index (χ1) is 26.0. The van der Waals surface area contributed by atoms with Crippen molar-refractivity contribution >= 4 is 60.3 Å². The number of amides is 2. The normalized spacial score (nSPS) is 17.7. The van der Waals surface area contributed by atoms with Gasteiger partial charge in [-0.05, 0) is 48.0 Å². The molecule has 6 rings (SSSR count). The van der Waals surface area contributed by atoms with Gasteiger partial charge in [-0.25, -0.2) is 9.59 Å². The predicted octanol–water partition coefficient (Wildman–Crippen LogP) is 6.13. The monoisotopic (exact) mass is 762 g/mol. The fourth-order valence-electron chi connectivity index (χ4n) is 7.45. The average molecular weight is 763 g/mol. The Morgan fingerprint density at radius 1 is 0.870 bits per heavy atom. The van der Waals surface area contributed by atoms with Gasteiger partial charge in [0.1, 0.15) is 18.6 Å². The minimum Gasteiger partial charge on any atom is -0.457 e. The van der Waals surface area contributed by atoms with Gasteiger partial charge in [0.05, 0.1) is 24.6 Å². The molecular formula is C43H47N2O7PSi. The zero-order valence-electron chi connectivity index (χ0n) is 31.2. The van der Waals surface area contributed by atoms with Crippen LogP contribution in [0.25, 0.3) is 0 Å². The Morgan fingerprint density at radius 3 is 1.87 bits per heavy atom. The molecule has 0 aromatic heterocycles. The number of ketones is 1. The maximum Gasteiger partial charge on any atom is 0.410 e. The third-order valence-corrected chi connectivity index (χ3v) is 15.0. The molecule has 4 aromatic rings. The molecule has 2 fully saturated rings. The number of β-lactam (4-membered cyclic amide) rings is 1. The Labute approximate surface area is 318 Å². The molecule has 2 saturated heterocycles. The van der Waals surface area contributed by atoms with Crippen molar-refractivity contribution in [3.05, 3.63) is 139 Å². The fraction of sp³-hybridized carbons (Fsp3) is 0.279. The van der Waals surface area contributed by atoms with Crippen molar-refractivity contribution in [2.24, 2.45) is 5.92 Å². The largest absolute Gasteiger partial charge is 0.457 e. The molecule has 0 spiro atoms. The molecule has 2 aliphatic rings. The van der Waals surface area contributed by atoms with Gasteiger partial charge < -0.3 is 23.7 Å². The van der Waals surface area contributed by atoms with Gasteiger partial charge >= 0.3 is 12.1 Å². The van der Waals surface area contributed by atoms with Gasteiger partial charge in [0.2, 0.25) is 5.91 Å². The standard InChI is InChI=1S/C43H47N2O7PSi/c1-6-27-50-42(48)41(53(34-16-10-7-11-17-34,35-18-12-8-13-19-35)36-20-14-9-15-21-36)45-37(39(40(45)47)31(2)52-54(3,4)5)29-38(46)33-24-22-32(23-25-33)30-44-26-28-51-43(44)49/h6-25,31,37,39H,1,26-30H2,2-5H3/t31-,37-,39-/m1/s1. The lowest BCUT2D eigenvalue weighted by atomic mass is 9.79. The summed E-state index contributed by atoms with van der Waals surface area (Å²) in [6.07, 6.45) is 0.587. The number of Topliss-reactive ketones (excluding diaryl/α,β-unsaturated/α-hetero) is 1. The third-order valence-electron chi connectivity index (χ3n) is 9.69. The molecule has 11 heteroatoms. The van der Waals surface area contributed by atoms with Crippen molar-refractivity contribution in [1.29, 1.82) is 0 Å². The highest BCUT2D eigenvalue weighted by Crippen LogP contribution is 2.50. The number of carbonyl (C=O) groups excluding carboxylic acids is 4. The van der Waals surface area contributed by atoms with Crippen LogP contribution in [0.2, 0.25) is 19.6 Å². The Hall–Kier alpha value is -5.02. The quantitative estimate of drug-likeness (QED) is 0.0359. The summed E-state index contributed by atoms with van der Waals surface area (Å²) in [7, 11) is -2.13. The molecule has 280 valence electrons. The number of benzene rings is 4. The van der Waals surface area contributed by atoms with E-state index in [0.717, 1.165) is 21.5 Å². The highest BCUT2D eigenvalue weighted by Gasteiger charge is 2.56. The summed E-state index contributed by atoms with van der Waals surface area (Å²) in [4.78, 5) is 59.2. The first-order valence-corrected chi connectivity index (χ1v) is 23.4. The lowest BCUT2D eigenvalue weighted by molar-refractivity contribution is -0.156. The van der Waals surface area contributed by atoms with Crippen molar-refractivity contribution in [1.82, 2.24) is 9.80 Å². The molecule has 54 heavy (non-hydrogen) atoms. The lowest BCUT2D eigenvalue weighted by Gasteiger charge is -2.52.